The molecule has 1 aromatic heterocycles. The topological polar surface area (TPSA) is 54.0 Å². The highest BCUT2D eigenvalue weighted by Gasteiger charge is 2.32. The molecular formula is C17H21N3O. The summed E-state index contributed by atoms with van der Waals surface area (Å²) in [7, 11) is 0. The number of amides is 1. The number of carbonyl (C=O) groups is 1. The van der Waals surface area contributed by atoms with E-state index in [0.717, 1.165) is 35.6 Å². The number of benzene rings is 1. The van der Waals surface area contributed by atoms with Gasteiger partial charge in [-0.1, -0.05) is 25.1 Å². The molecule has 0 aliphatic heterocycles. The third-order valence-electron chi connectivity index (χ3n) is 4.12. The third kappa shape index (κ3) is 2.99. The molecule has 0 bridgehead atoms. The second kappa shape index (κ2) is 5.72. The van der Waals surface area contributed by atoms with E-state index in [4.69, 9.17) is 0 Å². The van der Waals surface area contributed by atoms with Crippen molar-refractivity contribution in [1.82, 2.24) is 10.3 Å². The van der Waals surface area contributed by atoms with Crippen LogP contribution in [-0.2, 0) is 0 Å². The smallest absolute Gasteiger partial charge is 0.269 e. The zero-order chi connectivity index (χ0) is 14.8. The first-order chi connectivity index (χ1) is 10.2. The van der Waals surface area contributed by atoms with Gasteiger partial charge in [0.15, 0.2) is 0 Å². The quantitative estimate of drug-likeness (QED) is 0.886. The lowest BCUT2D eigenvalue weighted by atomic mass is 10.1. The predicted molar refractivity (Wildman–Crippen MR) is 85.5 cm³/mol. The Bertz CT molecular complexity index is 668. The Morgan fingerprint density at radius 1 is 1.38 bits per heavy atom. The zero-order valence-corrected chi connectivity index (χ0v) is 12.5. The molecule has 2 atom stereocenters. The maximum absolute atomic E-state index is 12.3. The first-order valence-corrected chi connectivity index (χ1v) is 7.61. The van der Waals surface area contributed by atoms with E-state index in [1.54, 1.807) is 0 Å². The second-order valence-corrected chi connectivity index (χ2v) is 5.79. The summed E-state index contributed by atoms with van der Waals surface area (Å²) in [4.78, 5) is 16.8. The molecule has 2 unspecified atom stereocenters. The van der Waals surface area contributed by atoms with Gasteiger partial charge in [-0.05, 0) is 37.3 Å². The van der Waals surface area contributed by atoms with Crippen molar-refractivity contribution < 1.29 is 4.79 Å². The number of nitrogens with zero attached hydrogens (tertiary/aromatic N) is 1. The lowest BCUT2D eigenvalue weighted by molar-refractivity contribution is 0.0947. The Balaban J connectivity index is 1.85. The lowest BCUT2D eigenvalue weighted by Crippen LogP contribution is -2.27. The average Bonchev–Trinajstić information content (AvgIpc) is 3.20. The molecule has 1 saturated carbocycles. The van der Waals surface area contributed by atoms with Crippen LogP contribution in [0, 0.1) is 11.8 Å². The SMILES string of the molecule is CCNc1cc(C(=O)NCC2CC2C)nc2ccccc12. The van der Waals surface area contributed by atoms with E-state index in [1.165, 1.54) is 6.42 Å². The van der Waals surface area contributed by atoms with E-state index in [0.29, 0.717) is 11.6 Å². The number of para-hydroxylation sites is 1. The van der Waals surface area contributed by atoms with Crippen LogP contribution in [0.1, 0.15) is 30.8 Å². The molecule has 2 N–H and O–H groups in total. The molecule has 1 fully saturated rings. The van der Waals surface area contributed by atoms with Gasteiger partial charge in [0, 0.05) is 24.2 Å². The molecular weight excluding hydrogens is 262 g/mol. The number of hydrogen-bond donors (Lipinski definition) is 2. The molecule has 1 amide bonds. The predicted octanol–water partition coefficient (Wildman–Crippen LogP) is 3.05. The molecule has 0 spiro atoms. The Morgan fingerprint density at radius 3 is 2.86 bits per heavy atom. The molecule has 1 aromatic carbocycles. The second-order valence-electron chi connectivity index (χ2n) is 5.79. The van der Waals surface area contributed by atoms with Crippen LogP contribution in [0.3, 0.4) is 0 Å². The van der Waals surface area contributed by atoms with E-state index >= 15 is 0 Å². The van der Waals surface area contributed by atoms with Crippen molar-refractivity contribution in [3.05, 3.63) is 36.0 Å². The van der Waals surface area contributed by atoms with Crippen LogP contribution in [-0.4, -0.2) is 24.0 Å². The van der Waals surface area contributed by atoms with Crippen LogP contribution >= 0.6 is 0 Å². The third-order valence-corrected chi connectivity index (χ3v) is 4.12. The molecule has 110 valence electrons. The molecule has 1 aliphatic carbocycles. The van der Waals surface area contributed by atoms with Gasteiger partial charge in [0.1, 0.15) is 5.69 Å². The molecule has 1 aliphatic rings. The standard InChI is InChI=1S/C17H21N3O/c1-3-18-15-9-16(17(21)19-10-12-8-11(12)2)20-14-7-5-4-6-13(14)15/h4-7,9,11-12H,3,8,10H2,1-2H3,(H,18,20)(H,19,21). The summed E-state index contributed by atoms with van der Waals surface area (Å²) in [5.41, 5.74) is 2.30. The molecule has 4 nitrogen and oxygen atoms in total. The van der Waals surface area contributed by atoms with Gasteiger partial charge in [-0.15, -0.1) is 0 Å². The number of carbonyl (C=O) groups excluding carboxylic acids is 1. The van der Waals surface area contributed by atoms with Gasteiger partial charge in [0.05, 0.1) is 5.52 Å². The molecule has 0 radical (unpaired) electrons. The van der Waals surface area contributed by atoms with Crippen molar-refractivity contribution in [2.24, 2.45) is 11.8 Å². The fourth-order valence-electron chi connectivity index (χ4n) is 2.63. The first-order valence-electron chi connectivity index (χ1n) is 7.61. The van der Waals surface area contributed by atoms with Crippen LogP contribution in [0.25, 0.3) is 10.9 Å². The van der Waals surface area contributed by atoms with Gasteiger partial charge in [0.2, 0.25) is 0 Å². The highest BCUT2D eigenvalue weighted by Crippen LogP contribution is 2.36. The number of hydrogen-bond acceptors (Lipinski definition) is 3. The molecule has 3 rings (SSSR count). The highest BCUT2D eigenvalue weighted by molar-refractivity contribution is 5.99. The minimum absolute atomic E-state index is 0.0843. The molecule has 1 heterocycles. The Labute approximate surface area is 125 Å². The van der Waals surface area contributed by atoms with E-state index in [2.05, 4.69) is 22.5 Å². The number of rotatable bonds is 5. The van der Waals surface area contributed by atoms with E-state index < -0.39 is 0 Å². The van der Waals surface area contributed by atoms with Crippen molar-refractivity contribution in [2.75, 3.05) is 18.4 Å². The summed E-state index contributed by atoms with van der Waals surface area (Å²) in [6.45, 7) is 5.83. The first kappa shape index (κ1) is 13.9. The minimum Gasteiger partial charge on any atom is -0.385 e. The van der Waals surface area contributed by atoms with Gasteiger partial charge < -0.3 is 10.6 Å². The minimum atomic E-state index is -0.0843. The van der Waals surface area contributed by atoms with E-state index in [-0.39, 0.29) is 5.91 Å². The highest BCUT2D eigenvalue weighted by atomic mass is 16.1. The summed E-state index contributed by atoms with van der Waals surface area (Å²) in [5, 5.41) is 7.35. The Kier molecular flexibility index (Phi) is 3.78. The van der Waals surface area contributed by atoms with E-state index in [9.17, 15) is 4.79 Å². The van der Waals surface area contributed by atoms with Crippen molar-refractivity contribution in [1.29, 1.82) is 0 Å². The Hall–Kier alpha value is -2.10. The Morgan fingerprint density at radius 2 is 2.14 bits per heavy atom. The number of nitrogens with one attached hydrogen (secondary N) is 2. The van der Waals surface area contributed by atoms with Crippen LogP contribution in [0.2, 0.25) is 0 Å². The van der Waals surface area contributed by atoms with Gasteiger partial charge in [-0.25, -0.2) is 4.98 Å². The lowest BCUT2D eigenvalue weighted by Gasteiger charge is -2.10. The van der Waals surface area contributed by atoms with Gasteiger partial charge >= 0.3 is 0 Å². The fraction of sp³-hybridized carbons (Fsp3) is 0.412. The van der Waals surface area contributed by atoms with Crippen LogP contribution < -0.4 is 10.6 Å². The monoisotopic (exact) mass is 283 g/mol. The number of pyridine rings is 1. The van der Waals surface area contributed by atoms with Crippen molar-refractivity contribution >= 4 is 22.5 Å². The van der Waals surface area contributed by atoms with Crippen LogP contribution in [0.4, 0.5) is 5.69 Å². The van der Waals surface area contributed by atoms with Crippen LogP contribution in [0.5, 0.6) is 0 Å². The van der Waals surface area contributed by atoms with Gasteiger partial charge in [-0.3, -0.25) is 4.79 Å². The molecule has 2 aromatic rings. The van der Waals surface area contributed by atoms with Crippen molar-refractivity contribution in [3.8, 4) is 0 Å². The van der Waals surface area contributed by atoms with Crippen molar-refractivity contribution in [3.63, 3.8) is 0 Å². The summed E-state index contributed by atoms with van der Waals surface area (Å²) >= 11 is 0. The number of anilines is 1. The zero-order valence-electron chi connectivity index (χ0n) is 12.5. The normalized spacial score (nSPS) is 20.3. The largest absolute Gasteiger partial charge is 0.385 e. The summed E-state index contributed by atoms with van der Waals surface area (Å²) in [5.74, 6) is 1.30. The van der Waals surface area contributed by atoms with E-state index in [1.807, 2.05) is 37.3 Å². The van der Waals surface area contributed by atoms with Crippen LogP contribution in [0.15, 0.2) is 30.3 Å². The summed E-state index contributed by atoms with van der Waals surface area (Å²) in [6, 6.07) is 9.74. The summed E-state index contributed by atoms with van der Waals surface area (Å²) < 4.78 is 0. The van der Waals surface area contributed by atoms with Crippen molar-refractivity contribution in [2.45, 2.75) is 20.3 Å². The van der Waals surface area contributed by atoms with Gasteiger partial charge in [0.25, 0.3) is 5.91 Å². The molecule has 4 heteroatoms. The average molecular weight is 283 g/mol. The maximum atomic E-state index is 12.3. The fourth-order valence-corrected chi connectivity index (χ4v) is 2.63. The maximum Gasteiger partial charge on any atom is 0.269 e. The number of fused-ring (bicyclic) bond motifs is 1. The number of aromatic nitrogens is 1. The summed E-state index contributed by atoms with van der Waals surface area (Å²) in [6.07, 6.45) is 1.22. The molecule has 0 saturated heterocycles. The molecule has 21 heavy (non-hydrogen) atoms. The van der Waals surface area contributed by atoms with Gasteiger partial charge in [-0.2, -0.15) is 0 Å².